The Bertz CT molecular complexity index is 106. The van der Waals surface area contributed by atoms with Crippen molar-refractivity contribution in [3.8, 4) is 0 Å². The zero-order chi connectivity index (χ0) is 9.23. The van der Waals surface area contributed by atoms with Gasteiger partial charge in [0.2, 0.25) is 0 Å². The molecule has 0 aromatic heterocycles. The average Bonchev–Trinajstić information content (AvgIpc) is 2.06. The van der Waals surface area contributed by atoms with Gasteiger partial charge in [-0.15, -0.1) is 0 Å². The van der Waals surface area contributed by atoms with Crippen LogP contribution in [-0.2, 0) is 19.0 Å². The van der Waals surface area contributed by atoms with E-state index in [1.165, 1.54) is 0 Å². The lowest BCUT2D eigenvalue weighted by molar-refractivity contribution is -0.150. The summed E-state index contributed by atoms with van der Waals surface area (Å²) in [5, 5.41) is 0. The van der Waals surface area contributed by atoms with Crippen LogP contribution in [0.2, 0.25) is 0 Å². The summed E-state index contributed by atoms with van der Waals surface area (Å²) in [6.45, 7) is 1.41. The number of ether oxygens (including phenoxy) is 3. The van der Waals surface area contributed by atoms with Gasteiger partial charge in [-0.3, -0.25) is 0 Å². The minimum absolute atomic E-state index is 0.0408. The van der Waals surface area contributed by atoms with Gasteiger partial charge in [-0.05, 0) is 0 Å². The minimum atomic E-state index is -0.388. The molecule has 0 saturated heterocycles. The van der Waals surface area contributed by atoms with Gasteiger partial charge in [0.05, 0.1) is 13.2 Å². The molecule has 0 aliphatic heterocycles. The number of rotatable bonds is 7. The van der Waals surface area contributed by atoms with Crippen LogP contribution in [0.4, 0.5) is 0 Å². The normalized spacial score (nSPS) is 9.83. The fraction of sp³-hybridized carbons (Fsp3) is 0.857. The van der Waals surface area contributed by atoms with Crippen LogP contribution in [0.3, 0.4) is 0 Å². The first-order valence-corrected chi connectivity index (χ1v) is 3.73. The van der Waals surface area contributed by atoms with E-state index in [9.17, 15) is 4.79 Å². The van der Waals surface area contributed by atoms with E-state index in [2.05, 4.69) is 4.74 Å². The highest BCUT2D eigenvalue weighted by Crippen LogP contribution is 1.81. The number of hydrogen-bond donors (Lipinski definition) is 1. The highest BCUT2D eigenvalue weighted by Gasteiger charge is 2.00. The van der Waals surface area contributed by atoms with E-state index in [-0.39, 0.29) is 19.2 Å². The predicted molar refractivity (Wildman–Crippen MR) is 42.7 cm³/mol. The monoisotopic (exact) mass is 177 g/mol. The molecule has 0 aliphatic rings. The van der Waals surface area contributed by atoms with Crippen molar-refractivity contribution < 1.29 is 19.0 Å². The van der Waals surface area contributed by atoms with Gasteiger partial charge < -0.3 is 19.9 Å². The largest absolute Gasteiger partial charge is 0.462 e. The van der Waals surface area contributed by atoms with Crippen LogP contribution >= 0.6 is 0 Å². The van der Waals surface area contributed by atoms with E-state index in [0.29, 0.717) is 19.8 Å². The summed E-state index contributed by atoms with van der Waals surface area (Å²) < 4.78 is 14.2. The minimum Gasteiger partial charge on any atom is -0.462 e. The van der Waals surface area contributed by atoms with Crippen molar-refractivity contribution in [3.63, 3.8) is 0 Å². The lowest BCUT2D eigenvalue weighted by Crippen LogP contribution is -2.18. The third kappa shape index (κ3) is 7.46. The maximum absolute atomic E-state index is 10.7. The number of hydrogen-bond acceptors (Lipinski definition) is 5. The van der Waals surface area contributed by atoms with Gasteiger partial charge in [-0.25, -0.2) is 4.79 Å². The van der Waals surface area contributed by atoms with E-state index in [1.54, 1.807) is 7.11 Å². The summed E-state index contributed by atoms with van der Waals surface area (Å²) in [6, 6.07) is 0. The van der Waals surface area contributed by atoms with Crippen LogP contribution < -0.4 is 5.73 Å². The maximum Gasteiger partial charge on any atom is 0.332 e. The quantitative estimate of drug-likeness (QED) is 0.405. The Morgan fingerprint density at radius 1 is 1.33 bits per heavy atom. The molecular weight excluding hydrogens is 162 g/mol. The Balaban J connectivity index is 3.10. The van der Waals surface area contributed by atoms with Crippen molar-refractivity contribution in [1.29, 1.82) is 0 Å². The molecule has 0 atom stereocenters. The summed E-state index contributed by atoms with van der Waals surface area (Å²) >= 11 is 0. The first-order chi connectivity index (χ1) is 5.81. The number of methoxy groups -OCH3 is 1. The highest BCUT2D eigenvalue weighted by atomic mass is 16.6. The third-order valence-electron chi connectivity index (χ3n) is 1.03. The fourth-order valence-corrected chi connectivity index (χ4v) is 0.519. The van der Waals surface area contributed by atoms with Crippen LogP contribution in [0.5, 0.6) is 0 Å². The van der Waals surface area contributed by atoms with Crippen molar-refractivity contribution in [1.82, 2.24) is 0 Å². The van der Waals surface area contributed by atoms with Gasteiger partial charge in [-0.2, -0.15) is 0 Å². The summed E-state index contributed by atoms with van der Waals surface area (Å²) in [5.41, 5.74) is 5.14. The molecule has 72 valence electrons. The Morgan fingerprint density at radius 2 is 2.08 bits per heavy atom. The van der Waals surface area contributed by atoms with Gasteiger partial charge in [0.1, 0.15) is 13.2 Å². The molecule has 12 heavy (non-hydrogen) atoms. The number of esters is 1. The molecule has 0 unspecified atom stereocenters. The lowest BCUT2D eigenvalue weighted by atomic mass is 10.6. The third-order valence-corrected chi connectivity index (χ3v) is 1.03. The maximum atomic E-state index is 10.7. The van der Waals surface area contributed by atoms with Gasteiger partial charge in [-0.1, -0.05) is 0 Å². The van der Waals surface area contributed by atoms with Gasteiger partial charge in [0.25, 0.3) is 0 Å². The fourth-order valence-electron chi connectivity index (χ4n) is 0.519. The van der Waals surface area contributed by atoms with Gasteiger partial charge in [0.15, 0.2) is 0 Å². The second-order valence-electron chi connectivity index (χ2n) is 2.05. The molecule has 0 amide bonds. The second-order valence-corrected chi connectivity index (χ2v) is 2.05. The lowest BCUT2D eigenvalue weighted by Gasteiger charge is -2.03. The zero-order valence-corrected chi connectivity index (χ0v) is 7.25. The molecule has 2 N–H and O–H groups in total. The highest BCUT2D eigenvalue weighted by molar-refractivity contribution is 5.70. The Morgan fingerprint density at radius 3 is 2.67 bits per heavy atom. The van der Waals surface area contributed by atoms with E-state index in [0.717, 1.165) is 0 Å². The van der Waals surface area contributed by atoms with Crippen molar-refractivity contribution in [2.24, 2.45) is 5.73 Å². The smallest absolute Gasteiger partial charge is 0.332 e. The SMILES string of the molecule is COCCOC(=O)COCCN. The second kappa shape index (κ2) is 8.45. The molecule has 0 spiro atoms. The molecule has 5 heteroatoms. The van der Waals surface area contributed by atoms with Gasteiger partial charge in [0, 0.05) is 13.7 Å². The molecule has 0 aliphatic carbocycles. The Hall–Kier alpha value is -0.650. The molecule has 0 radical (unpaired) electrons. The number of carbonyl (C=O) groups excluding carboxylic acids is 1. The number of carbonyl (C=O) groups is 1. The van der Waals surface area contributed by atoms with E-state index in [1.807, 2.05) is 0 Å². The van der Waals surface area contributed by atoms with Crippen molar-refractivity contribution in [3.05, 3.63) is 0 Å². The summed E-state index contributed by atoms with van der Waals surface area (Å²) in [5.74, 6) is -0.388. The van der Waals surface area contributed by atoms with Gasteiger partial charge >= 0.3 is 5.97 Å². The summed E-state index contributed by atoms with van der Waals surface area (Å²) in [6.07, 6.45) is 0. The zero-order valence-electron chi connectivity index (χ0n) is 7.25. The van der Waals surface area contributed by atoms with Crippen molar-refractivity contribution in [2.45, 2.75) is 0 Å². The molecule has 0 aromatic carbocycles. The van der Waals surface area contributed by atoms with Crippen LogP contribution in [0.1, 0.15) is 0 Å². The molecule has 0 aromatic rings. The molecule has 5 nitrogen and oxygen atoms in total. The van der Waals surface area contributed by atoms with Crippen LogP contribution in [-0.4, -0.2) is 46.1 Å². The van der Waals surface area contributed by atoms with Crippen LogP contribution in [0, 0.1) is 0 Å². The Labute approximate surface area is 71.8 Å². The number of nitrogens with two attached hydrogens (primary N) is 1. The molecular formula is C7H15NO4. The standard InChI is InChI=1S/C7H15NO4/c1-10-4-5-12-7(9)6-11-3-2-8/h2-6,8H2,1H3. The molecule has 0 rings (SSSR count). The molecule has 0 fully saturated rings. The molecule has 0 saturated carbocycles. The van der Waals surface area contributed by atoms with Crippen molar-refractivity contribution in [2.75, 3.05) is 40.1 Å². The van der Waals surface area contributed by atoms with Crippen molar-refractivity contribution >= 4 is 5.97 Å². The van der Waals surface area contributed by atoms with E-state index in [4.69, 9.17) is 15.2 Å². The molecule has 0 heterocycles. The topological polar surface area (TPSA) is 70.8 Å². The molecule has 0 bridgehead atoms. The predicted octanol–water partition coefficient (Wildman–Crippen LogP) is -0.849. The summed E-state index contributed by atoms with van der Waals surface area (Å²) in [7, 11) is 1.54. The Kier molecular flexibility index (Phi) is 7.99. The van der Waals surface area contributed by atoms with Crippen LogP contribution in [0.25, 0.3) is 0 Å². The first kappa shape index (κ1) is 11.4. The first-order valence-electron chi connectivity index (χ1n) is 3.73. The van der Waals surface area contributed by atoms with E-state index < -0.39 is 0 Å². The van der Waals surface area contributed by atoms with E-state index >= 15 is 0 Å². The summed E-state index contributed by atoms with van der Waals surface area (Å²) in [4.78, 5) is 10.7. The van der Waals surface area contributed by atoms with Crippen LogP contribution in [0.15, 0.2) is 0 Å². The average molecular weight is 177 g/mol.